The standard InChI is InChI=1S/C13H15NO4/c1-9-2-4-10(5-3-9)7-14-11(6-12(15)16)8-18-13(14)17/h2-5,11H,6-8H2,1H3,(H,15,16). The zero-order valence-corrected chi connectivity index (χ0v) is 10.1. The minimum absolute atomic E-state index is 0.0857. The molecule has 1 N–H and O–H groups in total. The second kappa shape index (κ2) is 5.08. The van der Waals surface area contributed by atoms with E-state index in [-0.39, 0.29) is 19.1 Å². The van der Waals surface area contributed by atoms with Gasteiger partial charge in [0.15, 0.2) is 0 Å². The first-order valence-corrected chi connectivity index (χ1v) is 5.77. The normalized spacial score (nSPS) is 18.8. The van der Waals surface area contributed by atoms with Gasteiger partial charge in [0.25, 0.3) is 0 Å². The van der Waals surface area contributed by atoms with E-state index in [0.29, 0.717) is 6.54 Å². The second-order valence-electron chi connectivity index (χ2n) is 4.44. The fraction of sp³-hybridized carbons (Fsp3) is 0.385. The first-order chi connectivity index (χ1) is 8.56. The monoisotopic (exact) mass is 249 g/mol. The molecule has 1 saturated heterocycles. The second-order valence-corrected chi connectivity index (χ2v) is 4.44. The number of hydrogen-bond donors (Lipinski definition) is 1. The minimum Gasteiger partial charge on any atom is -0.481 e. The molecule has 0 spiro atoms. The topological polar surface area (TPSA) is 66.8 Å². The zero-order chi connectivity index (χ0) is 13.1. The number of carbonyl (C=O) groups excluding carboxylic acids is 1. The quantitative estimate of drug-likeness (QED) is 0.883. The van der Waals surface area contributed by atoms with E-state index in [1.807, 2.05) is 31.2 Å². The van der Waals surface area contributed by atoms with Crippen LogP contribution in [0.4, 0.5) is 4.79 Å². The molecule has 18 heavy (non-hydrogen) atoms. The third-order valence-electron chi connectivity index (χ3n) is 2.96. The zero-order valence-electron chi connectivity index (χ0n) is 10.1. The van der Waals surface area contributed by atoms with E-state index >= 15 is 0 Å². The molecule has 0 saturated carbocycles. The number of amides is 1. The van der Waals surface area contributed by atoms with E-state index < -0.39 is 12.1 Å². The fourth-order valence-corrected chi connectivity index (χ4v) is 1.94. The molecule has 96 valence electrons. The van der Waals surface area contributed by atoms with Crippen molar-refractivity contribution in [3.05, 3.63) is 35.4 Å². The summed E-state index contributed by atoms with van der Waals surface area (Å²) in [4.78, 5) is 23.7. The molecule has 1 fully saturated rings. The number of nitrogens with zero attached hydrogens (tertiary/aromatic N) is 1. The summed E-state index contributed by atoms with van der Waals surface area (Å²) in [5, 5.41) is 8.79. The number of cyclic esters (lactones) is 1. The number of aryl methyl sites for hydroxylation is 1. The van der Waals surface area contributed by atoms with Gasteiger partial charge in [0.2, 0.25) is 0 Å². The molecule has 1 aliphatic rings. The lowest BCUT2D eigenvalue weighted by Crippen LogP contribution is -2.34. The number of aliphatic carboxylic acids is 1. The number of carboxylic acid groups (broad SMARTS) is 1. The van der Waals surface area contributed by atoms with Gasteiger partial charge in [-0.3, -0.25) is 9.69 Å². The molecule has 0 radical (unpaired) electrons. The highest BCUT2D eigenvalue weighted by atomic mass is 16.6. The molecule has 5 nitrogen and oxygen atoms in total. The SMILES string of the molecule is Cc1ccc(CN2C(=O)OCC2CC(=O)O)cc1. The maximum atomic E-state index is 11.5. The van der Waals surface area contributed by atoms with Crippen LogP contribution in [0.5, 0.6) is 0 Å². The van der Waals surface area contributed by atoms with Crippen LogP contribution >= 0.6 is 0 Å². The Kier molecular flexibility index (Phi) is 3.50. The summed E-state index contributed by atoms with van der Waals surface area (Å²) < 4.78 is 4.90. The van der Waals surface area contributed by atoms with Crippen molar-refractivity contribution in [1.82, 2.24) is 4.90 Å². The van der Waals surface area contributed by atoms with Crippen LogP contribution in [-0.4, -0.2) is 34.7 Å². The van der Waals surface area contributed by atoms with Gasteiger partial charge in [0.1, 0.15) is 6.61 Å². The summed E-state index contributed by atoms with van der Waals surface area (Å²) in [6, 6.07) is 7.40. The lowest BCUT2D eigenvalue weighted by Gasteiger charge is -2.20. The fourth-order valence-electron chi connectivity index (χ4n) is 1.94. The molecule has 1 atom stereocenters. The maximum Gasteiger partial charge on any atom is 0.410 e. The Bertz CT molecular complexity index is 455. The van der Waals surface area contributed by atoms with E-state index in [1.54, 1.807) is 0 Å². The van der Waals surface area contributed by atoms with Crippen LogP contribution < -0.4 is 0 Å². The molecule has 1 aromatic rings. The van der Waals surface area contributed by atoms with Crippen LogP contribution in [0, 0.1) is 6.92 Å². The largest absolute Gasteiger partial charge is 0.481 e. The van der Waals surface area contributed by atoms with Crippen molar-refractivity contribution in [2.75, 3.05) is 6.61 Å². The predicted molar refractivity (Wildman–Crippen MR) is 64.1 cm³/mol. The minimum atomic E-state index is -0.924. The molecule has 5 heteroatoms. The molecule has 1 unspecified atom stereocenters. The molecule has 0 bridgehead atoms. The van der Waals surface area contributed by atoms with Gasteiger partial charge in [-0.15, -0.1) is 0 Å². The van der Waals surface area contributed by atoms with Crippen molar-refractivity contribution in [3.63, 3.8) is 0 Å². The highest BCUT2D eigenvalue weighted by Gasteiger charge is 2.34. The molecule has 0 aliphatic carbocycles. The van der Waals surface area contributed by atoms with E-state index in [0.717, 1.165) is 11.1 Å². The molecule has 0 aromatic heterocycles. The number of hydrogen-bond acceptors (Lipinski definition) is 3. The first kappa shape index (κ1) is 12.4. The summed E-state index contributed by atoms with van der Waals surface area (Å²) >= 11 is 0. The van der Waals surface area contributed by atoms with Crippen LogP contribution in [0.25, 0.3) is 0 Å². The summed E-state index contributed by atoms with van der Waals surface area (Å²) in [5.41, 5.74) is 2.11. The smallest absolute Gasteiger partial charge is 0.410 e. The number of benzene rings is 1. The van der Waals surface area contributed by atoms with E-state index in [1.165, 1.54) is 4.90 Å². The van der Waals surface area contributed by atoms with Gasteiger partial charge in [-0.2, -0.15) is 0 Å². The Balaban J connectivity index is 2.07. The average molecular weight is 249 g/mol. The van der Waals surface area contributed by atoms with E-state index in [4.69, 9.17) is 9.84 Å². The van der Waals surface area contributed by atoms with Gasteiger partial charge in [-0.25, -0.2) is 4.79 Å². The van der Waals surface area contributed by atoms with Crippen LogP contribution in [0.2, 0.25) is 0 Å². The summed E-state index contributed by atoms with van der Waals surface area (Å²) in [6.07, 6.45) is -0.528. The lowest BCUT2D eigenvalue weighted by molar-refractivity contribution is -0.138. The molecule has 2 rings (SSSR count). The molecule has 1 amide bonds. The summed E-state index contributed by atoms with van der Waals surface area (Å²) in [5.74, 6) is -0.924. The van der Waals surface area contributed by atoms with Crippen LogP contribution in [0.15, 0.2) is 24.3 Å². The maximum absolute atomic E-state index is 11.5. The molecule has 1 heterocycles. The third-order valence-corrected chi connectivity index (χ3v) is 2.96. The number of ether oxygens (including phenoxy) is 1. The van der Waals surface area contributed by atoms with Crippen LogP contribution in [-0.2, 0) is 16.1 Å². The van der Waals surface area contributed by atoms with Gasteiger partial charge in [-0.1, -0.05) is 29.8 Å². The van der Waals surface area contributed by atoms with E-state index in [2.05, 4.69) is 0 Å². The molecule has 1 aliphatic heterocycles. The molecular weight excluding hydrogens is 234 g/mol. The van der Waals surface area contributed by atoms with Crippen molar-refractivity contribution < 1.29 is 19.4 Å². The van der Waals surface area contributed by atoms with Crippen molar-refractivity contribution in [1.29, 1.82) is 0 Å². The third kappa shape index (κ3) is 2.80. The Morgan fingerprint density at radius 2 is 2.11 bits per heavy atom. The van der Waals surface area contributed by atoms with Crippen LogP contribution in [0.3, 0.4) is 0 Å². The van der Waals surface area contributed by atoms with Gasteiger partial charge in [-0.05, 0) is 12.5 Å². The van der Waals surface area contributed by atoms with Crippen molar-refractivity contribution in [2.45, 2.75) is 25.9 Å². The summed E-state index contributed by atoms with van der Waals surface area (Å²) in [6.45, 7) is 2.52. The molecular formula is C13H15NO4. The summed E-state index contributed by atoms with van der Waals surface area (Å²) in [7, 11) is 0. The Labute approximate surface area is 105 Å². The van der Waals surface area contributed by atoms with Gasteiger partial charge in [0, 0.05) is 6.54 Å². The van der Waals surface area contributed by atoms with Crippen molar-refractivity contribution in [2.24, 2.45) is 0 Å². The van der Waals surface area contributed by atoms with Gasteiger partial charge in [0.05, 0.1) is 12.5 Å². The van der Waals surface area contributed by atoms with Gasteiger partial charge >= 0.3 is 12.1 Å². The van der Waals surface area contributed by atoms with E-state index in [9.17, 15) is 9.59 Å². The van der Waals surface area contributed by atoms with Crippen molar-refractivity contribution in [3.8, 4) is 0 Å². The highest BCUT2D eigenvalue weighted by Crippen LogP contribution is 2.19. The van der Waals surface area contributed by atoms with Crippen LogP contribution in [0.1, 0.15) is 17.5 Å². The van der Waals surface area contributed by atoms with Crippen molar-refractivity contribution >= 4 is 12.1 Å². The highest BCUT2D eigenvalue weighted by molar-refractivity contribution is 5.73. The Morgan fingerprint density at radius 1 is 1.44 bits per heavy atom. The lowest BCUT2D eigenvalue weighted by atomic mass is 10.1. The average Bonchev–Trinajstić information content (AvgIpc) is 2.64. The predicted octanol–water partition coefficient (Wildman–Crippen LogP) is 1.79. The Morgan fingerprint density at radius 3 is 2.72 bits per heavy atom. The number of rotatable bonds is 4. The molecule has 1 aromatic carbocycles. The van der Waals surface area contributed by atoms with Gasteiger partial charge < -0.3 is 9.84 Å². The number of carbonyl (C=O) groups is 2. The Hall–Kier alpha value is -2.04. The first-order valence-electron chi connectivity index (χ1n) is 5.77. The number of carboxylic acids is 1.